The van der Waals surface area contributed by atoms with Gasteiger partial charge in [0.1, 0.15) is 5.15 Å². The molecule has 0 saturated heterocycles. The van der Waals surface area contributed by atoms with E-state index in [1.165, 1.54) is 0 Å². The van der Waals surface area contributed by atoms with Gasteiger partial charge >= 0.3 is 15.8 Å². The Morgan fingerprint density at radius 1 is 1.26 bits per heavy atom. The highest BCUT2D eigenvalue weighted by Crippen LogP contribution is 2.16. The Kier molecular flexibility index (Phi) is 4.73. The smallest absolute Gasteiger partial charge is 0.358 e. The molecule has 0 fully saturated rings. The topological polar surface area (TPSA) is 145 Å². The summed E-state index contributed by atoms with van der Waals surface area (Å²) < 4.78 is 25.7. The fourth-order valence-corrected chi connectivity index (χ4v) is 2.70. The third-order valence-corrected chi connectivity index (χ3v) is 3.99. The van der Waals surface area contributed by atoms with E-state index in [-0.39, 0.29) is 5.15 Å². The third-order valence-electron chi connectivity index (χ3n) is 2.31. The summed E-state index contributed by atoms with van der Waals surface area (Å²) in [7, 11) is -4.47. The van der Waals surface area contributed by atoms with Gasteiger partial charge in [0.2, 0.25) is 0 Å². The zero-order chi connectivity index (χ0) is 17.2. The summed E-state index contributed by atoms with van der Waals surface area (Å²) >= 11 is 11.2. The lowest BCUT2D eigenvalue weighted by Gasteiger charge is -2.04. The number of halogens is 2. The number of rotatable bonds is 4. The van der Waals surface area contributed by atoms with Crippen molar-refractivity contribution in [2.24, 2.45) is 0 Å². The largest absolute Gasteiger partial charge is 0.364 e. The minimum Gasteiger partial charge on any atom is -0.358 e. The van der Waals surface area contributed by atoms with Crippen molar-refractivity contribution < 1.29 is 18.1 Å². The summed E-state index contributed by atoms with van der Waals surface area (Å²) in [4.78, 5) is 32.1. The van der Waals surface area contributed by atoms with E-state index in [9.17, 15) is 23.3 Å². The van der Waals surface area contributed by atoms with E-state index in [1.807, 2.05) is 0 Å². The Bertz CT molecular complexity index is 904. The van der Waals surface area contributed by atoms with Crippen LogP contribution in [0, 0.1) is 10.1 Å². The van der Waals surface area contributed by atoms with Gasteiger partial charge in [-0.25, -0.2) is 14.7 Å². The average Bonchev–Trinajstić information content (AvgIpc) is 2.46. The van der Waals surface area contributed by atoms with Crippen molar-refractivity contribution >= 4 is 45.0 Å². The van der Waals surface area contributed by atoms with Gasteiger partial charge in [-0.2, -0.15) is 8.42 Å². The van der Waals surface area contributed by atoms with E-state index in [0.29, 0.717) is 0 Å². The van der Waals surface area contributed by atoms with Crippen LogP contribution >= 0.6 is 23.2 Å². The van der Waals surface area contributed by atoms with Crippen LogP contribution in [0.1, 0.15) is 10.5 Å². The molecule has 2 aromatic heterocycles. The molecule has 10 nitrogen and oxygen atoms in total. The van der Waals surface area contributed by atoms with Gasteiger partial charge in [-0.3, -0.25) is 4.79 Å². The molecule has 1 N–H and O–H groups in total. The quantitative estimate of drug-likeness (QED) is 0.617. The van der Waals surface area contributed by atoms with Crippen LogP contribution in [0.15, 0.2) is 29.4 Å². The first kappa shape index (κ1) is 17.0. The lowest BCUT2D eigenvalue weighted by molar-refractivity contribution is -0.390. The lowest BCUT2D eigenvalue weighted by Crippen LogP contribution is -2.32. The number of sulfonamides is 1. The number of nitrogens with zero attached hydrogens (tertiary/aromatic N) is 4. The van der Waals surface area contributed by atoms with E-state index >= 15 is 0 Å². The summed E-state index contributed by atoms with van der Waals surface area (Å²) in [6.45, 7) is 0. The van der Waals surface area contributed by atoms with Gasteiger partial charge in [0, 0.05) is 12.1 Å². The van der Waals surface area contributed by atoms with Crippen molar-refractivity contribution in [2.75, 3.05) is 0 Å². The van der Waals surface area contributed by atoms with Gasteiger partial charge in [-0.15, -0.1) is 0 Å². The Balaban J connectivity index is 2.32. The molecule has 0 aliphatic heterocycles. The molecule has 0 spiro atoms. The van der Waals surface area contributed by atoms with Crippen LogP contribution in [0.5, 0.6) is 0 Å². The van der Waals surface area contributed by atoms with Crippen molar-refractivity contribution in [2.45, 2.75) is 5.03 Å². The van der Waals surface area contributed by atoms with E-state index in [1.54, 1.807) is 4.72 Å². The number of pyridine rings is 1. The predicted octanol–water partition coefficient (Wildman–Crippen LogP) is 1.21. The van der Waals surface area contributed by atoms with Crippen LogP contribution in [0.4, 0.5) is 5.82 Å². The number of nitro groups is 1. The van der Waals surface area contributed by atoms with Gasteiger partial charge in [0.15, 0.2) is 10.8 Å². The number of amides is 1. The standard InChI is InChI=1S/C10H5Cl2N5O5S/c11-5-4-13-8(9(12)14-5)10(18)16-23(21,22)7-3-1-2-6(15-7)17(19)20/h1-4H,(H,16,18). The maximum atomic E-state index is 12.0. The monoisotopic (exact) mass is 377 g/mol. The van der Waals surface area contributed by atoms with Crippen LogP contribution in [0.3, 0.4) is 0 Å². The fraction of sp³-hybridized carbons (Fsp3) is 0. The van der Waals surface area contributed by atoms with E-state index in [4.69, 9.17) is 23.2 Å². The van der Waals surface area contributed by atoms with E-state index in [2.05, 4.69) is 15.0 Å². The molecule has 2 aromatic rings. The van der Waals surface area contributed by atoms with Crippen molar-refractivity contribution in [3.63, 3.8) is 0 Å². The van der Waals surface area contributed by atoms with Gasteiger partial charge in [0.25, 0.3) is 10.9 Å². The highest BCUT2D eigenvalue weighted by Gasteiger charge is 2.27. The molecule has 120 valence electrons. The molecule has 1 amide bonds. The maximum absolute atomic E-state index is 12.0. The molecule has 0 aromatic carbocycles. The molecule has 0 atom stereocenters. The second-order valence-electron chi connectivity index (χ2n) is 3.86. The molecule has 0 bridgehead atoms. The summed E-state index contributed by atoms with van der Waals surface area (Å²) in [5.74, 6) is -1.88. The van der Waals surface area contributed by atoms with Gasteiger partial charge in [-0.1, -0.05) is 23.2 Å². The number of aromatic nitrogens is 3. The van der Waals surface area contributed by atoms with E-state index in [0.717, 1.165) is 24.4 Å². The zero-order valence-electron chi connectivity index (χ0n) is 10.8. The second-order valence-corrected chi connectivity index (χ2v) is 6.23. The summed E-state index contributed by atoms with van der Waals surface area (Å²) in [6, 6.07) is 3.10. The number of hydrogen-bond donors (Lipinski definition) is 1. The molecule has 0 radical (unpaired) electrons. The molecule has 0 aliphatic rings. The average molecular weight is 378 g/mol. The number of nitrogens with one attached hydrogen (secondary N) is 1. The number of carbonyl (C=O) groups is 1. The van der Waals surface area contributed by atoms with E-state index < -0.39 is 42.5 Å². The molecule has 2 heterocycles. The Hall–Kier alpha value is -2.37. The summed E-state index contributed by atoms with van der Waals surface area (Å²) in [5.41, 5.74) is -0.481. The zero-order valence-corrected chi connectivity index (χ0v) is 13.1. The highest BCUT2D eigenvalue weighted by atomic mass is 35.5. The molecular formula is C10H5Cl2N5O5S. The molecule has 2 rings (SSSR count). The second kappa shape index (κ2) is 6.40. The Morgan fingerprint density at radius 2 is 1.96 bits per heavy atom. The normalized spacial score (nSPS) is 11.0. The first-order chi connectivity index (χ1) is 10.7. The van der Waals surface area contributed by atoms with Crippen LogP contribution in [0.2, 0.25) is 10.3 Å². The number of carbonyl (C=O) groups excluding carboxylic acids is 1. The van der Waals surface area contributed by atoms with Gasteiger partial charge in [0.05, 0.1) is 6.20 Å². The van der Waals surface area contributed by atoms with Crippen LogP contribution in [-0.2, 0) is 10.0 Å². The molecular weight excluding hydrogens is 373 g/mol. The first-order valence-corrected chi connectivity index (χ1v) is 7.81. The third kappa shape index (κ3) is 3.88. The fourth-order valence-electron chi connectivity index (χ4n) is 1.38. The van der Waals surface area contributed by atoms with Gasteiger partial charge < -0.3 is 10.1 Å². The van der Waals surface area contributed by atoms with Gasteiger partial charge in [-0.05, 0) is 16.0 Å². The van der Waals surface area contributed by atoms with Crippen molar-refractivity contribution in [3.8, 4) is 0 Å². The van der Waals surface area contributed by atoms with Crippen LogP contribution in [-0.4, -0.2) is 34.2 Å². The van der Waals surface area contributed by atoms with Crippen LogP contribution < -0.4 is 4.72 Å². The molecule has 13 heteroatoms. The Labute approximate surface area is 138 Å². The Morgan fingerprint density at radius 3 is 2.57 bits per heavy atom. The summed E-state index contributed by atoms with van der Waals surface area (Å²) in [5, 5.41) is 9.41. The molecule has 0 unspecified atom stereocenters. The number of hydrogen-bond acceptors (Lipinski definition) is 8. The minimum absolute atomic E-state index is 0.0882. The molecule has 0 aliphatic carbocycles. The van der Waals surface area contributed by atoms with Crippen molar-refractivity contribution in [1.82, 2.24) is 19.7 Å². The molecule has 23 heavy (non-hydrogen) atoms. The highest BCUT2D eigenvalue weighted by molar-refractivity contribution is 7.90. The lowest BCUT2D eigenvalue weighted by atomic mass is 10.4. The minimum atomic E-state index is -4.47. The molecule has 0 saturated carbocycles. The first-order valence-electron chi connectivity index (χ1n) is 5.57. The SMILES string of the molecule is O=C(NS(=O)(=O)c1cccc([N+](=O)[O-])n1)c1ncc(Cl)nc1Cl. The predicted molar refractivity (Wildman–Crippen MR) is 77.6 cm³/mol. The van der Waals surface area contributed by atoms with Crippen LogP contribution in [0.25, 0.3) is 0 Å². The summed E-state index contributed by atoms with van der Waals surface area (Å²) in [6.07, 6.45) is 1.00. The van der Waals surface area contributed by atoms with Crippen molar-refractivity contribution in [3.05, 3.63) is 50.5 Å². The van der Waals surface area contributed by atoms with Crippen molar-refractivity contribution in [1.29, 1.82) is 0 Å². The maximum Gasteiger partial charge on any atom is 0.364 e.